The standard InChI is InChI=1S/C17H17ClO2/c1-20-14-7-8-15(16(18)10-14)17(19)13-6-5-11-3-2-4-12(11)9-13/h5-10,17,19H,2-4H2,1H3. The fourth-order valence-electron chi connectivity index (χ4n) is 2.80. The van der Waals surface area contributed by atoms with Gasteiger partial charge in [-0.15, -0.1) is 0 Å². The second-order valence-electron chi connectivity index (χ2n) is 5.17. The van der Waals surface area contributed by atoms with Crippen LogP contribution in [0.25, 0.3) is 0 Å². The van der Waals surface area contributed by atoms with Gasteiger partial charge in [-0.2, -0.15) is 0 Å². The van der Waals surface area contributed by atoms with Crippen LogP contribution in [-0.4, -0.2) is 12.2 Å². The minimum Gasteiger partial charge on any atom is -0.497 e. The number of aryl methyl sites for hydroxylation is 2. The molecule has 1 aliphatic carbocycles. The number of halogens is 1. The number of methoxy groups -OCH3 is 1. The van der Waals surface area contributed by atoms with Crippen LogP contribution in [0.5, 0.6) is 5.75 Å². The molecular formula is C17H17ClO2. The molecule has 0 saturated carbocycles. The van der Waals surface area contributed by atoms with Gasteiger partial charge in [0.15, 0.2) is 0 Å². The maximum absolute atomic E-state index is 10.5. The fourth-order valence-corrected chi connectivity index (χ4v) is 3.07. The number of ether oxygens (including phenoxy) is 1. The van der Waals surface area contributed by atoms with Crippen molar-refractivity contribution in [1.82, 2.24) is 0 Å². The SMILES string of the molecule is COc1ccc(C(O)c2ccc3c(c2)CCC3)c(Cl)c1. The Morgan fingerprint density at radius 2 is 1.90 bits per heavy atom. The molecule has 0 saturated heterocycles. The lowest BCUT2D eigenvalue weighted by atomic mass is 9.98. The zero-order valence-electron chi connectivity index (χ0n) is 11.4. The summed E-state index contributed by atoms with van der Waals surface area (Å²) in [6.07, 6.45) is 2.76. The number of rotatable bonds is 3. The molecule has 3 rings (SSSR count). The van der Waals surface area contributed by atoms with Crippen molar-refractivity contribution in [3.63, 3.8) is 0 Å². The predicted molar refractivity (Wildman–Crippen MR) is 80.5 cm³/mol. The Kier molecular flexibility index (Phi) is 3.68. The fraction of sp³-hybridized carbons (Fsp3) is 0.294. The third-order valence-corrected chi connectivity index (χ3v) is 4.27. The Morgan fingerprint density at radius 3 is 2.65 bits per heavy atom. The topological polar surface area (TPSA) is 29.5 Å². The van der Waals surface area contributed by atoms with Crippen LogP contribution in [0.4, 0.5) is 0 Å². The molecule has 0 fully saturated rings. The summed E-state index contributed by atoms with van der Waals surface area (Å²) in [4.78, 5) is 0. The maximum Gasteiger partial charge on any atom is 0.120 e. The molecule has 1 aliphatic rings. The highest BCUT2D eigenvalue weighted by Crippen LogP contribution is 2.33. The molecule has 0 aromatic heterocycles. The monoisotopic (exact) mass is 288 g/mol. The molecule has 2 aromatic carbocycles. The van der Waals surface area contributed by atoms with Crippen molar-refractivity contribution in [3.8, 4) is 5.75 Å². The molecule has 20 heavy (non-hydrogen) atoms. The van der Waals surface area contributed by atoms with Crippen LogP contribution < -0.4 is 4.74 Å². The van der Waals surface area contributed by atoms with Gasteiger partial charge in [0.25, 0.3) is 0 Å². The molecule has 0 bridgehead atoms. The van der Waals surface area contributed by atoms with Gasteiger partial charge in [-0.1, -0.05) is 35.9 Å². The summed E-state index contributed by atoms with van der Waals surface area (Å²) in [6.45, 7) is 0. The van der Waals surface area contributed by atoms with Crippen LogP contribution in [0.15, 0.2) is 36.4 Å². The van der Waals surface area contributed by atoms with Crippen molar-refractivity contribution in [2.45, 2.75) is 25.4 Å². The van der Waals surface area contributed by atoms with Crippen molar-refractivity contribution >= 4 is 11.6 Å². The summed E-state index contributed by atoms with van der Waals surface area (Å²) in [5, 5.41) is 11.1. The quantitative estimate of drug-likeness (QED) is 0.927. The van der Waals surface area contributed by atoms with Crippen molar-refractivity contribution < 1.29 is 9.84 Å². The van der Waals surface area contributed by atoms with Gasteiger partial charge in [0.1, 0.15) is 11.9 Å². The van der Waals surface area contributed by atoms with Gasteiger partial charge in [-0.25, -0.2) is 0 Å². The van der Waals surface area contributed by atoms with Gasteiger partial charge in [-0.05, 0) is 48.1 Å². The largest absolute Gasteiger partial charge is 0.497 e. The van der Waals surface area contributed by atoms with Crippen LogP contribution in [0, 0.1) is 0 Å². The summed E-state index contributed by atoms with van der Waals surface area (Å²) >= 11 is 6.23. The third-order valence-electron chi connectivity index (χ3n) is 3.94. The van der Waals surface area contributed by atoms with Crippen LogP contribution >= 0.6 is 11.6 Å². The number of benzene rings is 2. The van der Waals surface area contributed by atoms with Gasteiger partial charge >= 0.3 is 0 Å². The summed E-state index contributed by atoms with van der Waals surface area (Å²) in [5.41, 5.74) is 4.37. The highest BCUT2D eigenvalue weighted by Gasteiger charge is 2.18. The van der Waals surface area contributed by atoms with E-state index in [9.17, 15) is 5.11 Å². The van der Waals surface area contributed by atoms with E-state index in [1.807, 2.05) is 18.2 Å². The highest BCUT2D eigenvalue weighted by molar-refractivity contribution is 6.31. The average Bonchev–Trinajstić information content (AvgIpc) is 2.93. The molecule has 1 N–H and O–H groups in total. The average molecular weight is 289 g/mol. The van der Waals surface area contributed by atoms with E-state index >= 15 is 0 Å². The molecule has 0 heterocycles. The Bertz CT molecular complexity index is 637. The van der Waals surface area contributed by atoms with E-state index in [-0.39, 0.29) is 0 Å². The summed E-state index contributed by atoms with van der Waals surface area (Å²) in [5.74, 6) is 0.694. The normalized spacial score (nSPS) is 14.9. The van der Waals surface area contributed by atoms with E-state index in [0.717, 1.165) is 18.4 Å². The maximum atomic E-state index is 10.5. The molecule has 0 amide bonds. The van der Waals surface area contributed by atoms with Crippen LogP contribution in [-0.2, 0) is 12.8 Å². The number of hydrogen-bond donors (Lipinski definition) is 1. The zero-order chi connectivity index (χ0) is 14.1. The Hall–Kier alpha value is -1.51. The van der Waals surface area contributed by atoms with E-state index in [1.165, 1.54) is 17.5 Å². The summed E-state index contributed by atoms with van der Waals surface area (Å²) in [7, 11) is 1.60. The number of aliphatic hydroxyl groups is 1. The first kappa shape index (κ1) is 13.5. The Labute approximate surface area is 124 Å². The molecule has 0 radical (unpaired) electrons. The van der Waals surface area contributed by atoms with Crippen molar-refractivity contribution in [2.75, 3.05) is 7.11 Å². The second-order valence-corrected chi connectivity index (χ2v) is 5.58. The van der Waals surface area contributed by atoms with E-state index in [1.54, 1.807) is 13.2 Å². The molecule has 3 heteroatoms. The first-order valence-corrected chi connectivity index (χ1v) is 7.20. The van der Waals surface area contributed by atoms with Crippen LogP contribution in [0.3, 0.4) is 0 Å². The van der Waals surface area contributed by atoms with Gasteiger partial charge < -0.3 is 9.84 Å². The number of fused-ring (bicyclic) bond motifs is 1. The van der Waals surface area contributed by atoms with Crippen molar-refractivity contribution in [3.05, 3.63) is 63.7 Å². The lowest BCUT2D eigenvalue weighted by Gasteiger charge is -2.15. The molecular weight excluding hydrogens is 272 g/mol. The molecule has 2 aromatic rings. The lowest BCUT2D eigenvalue weighted by molar-refractivity contribution is 0.220. The first-order valence-electron chi connectivity index (χ1n) is 6.82. The Balaban J connectivity index is 1.94. The van der Waals surface area contributed by atoms with Crippen LogP contribution in [0.2, 0.25) is 5.02 Å². The molecule has 2 nitrogen and oxygen atoms in total. The number of hydrogen-bond acceptors (Lipinski definition) is 2. The smallest absolute Gasteiger partial charge is 0.120 e. The molecule has 0 aliphatic heterocycles. The van der Waals surface area contributed by atoms with Crippen LogP contribution in [0.1, 0.15) is 34.8 Å². The highest BCUT2D eigenvalue weighted by atomic mass is 35.5. The van der Waals surface area contributed by atoms with E-state index in [4.69, 9.17) is 16.3 Å². The van der Waals surface area contributed by atoms with Gasteiger partial charge in [-0.3, -0.25) is 0 Å². The van der Waals surface area contributed by atoms with E-state index in [2.05, 4.69) is 12.1 Å². The minimum atomic E-state index is -0.695. The molecule has 104 valence electrons. The molecule has 1 unspecified atom stereocenters. The summed E-state index contributed by atoms with van der Waals surface area (Å²) < 4.78 is 5.13. The van der Waals surface area contributed by atoms with Gasteiger partial charge in [0.2, 0.25) is 0 Å². The van der Waals surface area contributed by atoms with E-state index in [0.29, 0.717) is 16.3 Å². The minimum absolute atomic E-state index is 0.525. The number of aliphatic hydroxyl groups excluding tert-OH is 1. The second kappa shape index (κ2) is 5.47. The molecule has 1 atom stereocenters. The molecule has 0 spiro atoms. The lowest BCUT2D eigenvalue weighted by Crippen LogP contribution is -2.02. The van der Waals surface area contributed by atoms with Crippen molar-refractivity contribution in [2.24, 2.45) is 0 Å². The first-order chi connectivity index (χ1) is 9.69. The Morgan fingerprint density at radius 1 is 1.10 bits per heavy atom. The predicted octanol–water partition coefficient (Wildman–Crippen LogP) is 3.92. The van der Waals surface area contributed by atoms with Gasteiger partial charge in [0.05, 0.1) is 12.1 Å². The van der Waals surface area contributed by atoms with E-state index < -0.39 is 6.10 Å². The van der Waals surface area contributed by atoms with Crippen molar-refractivity contribution in [1.29, 1.82) is 0 Å². The van der Waals surface area contributed by atoms with Gasteiger partial charge in [0, 0.05) is 5.56 Å². The zero-order valence-corrected chi connectivity index (χ0v) is 12.2. The summed E-state index contributed by atoms with van der Waals surface area (Å²) in [6, 6.07) is 11.6. The third kappa shape index (κ3) is 2.41.